The van der Waals surface area contributed by atoms with Crippen molar-refractivity contribution < 1.29 is 4.79 Å². The van der Waals surface area contributed by atoms with Crippen LogP contribution in [0.2, 0.25) is 0 Å². The van der Waals surface area contributed by atoms with Crippen molar-refractivity contribution in [3.63, 3.8) is 0 Å². The summed E-state index contributed by atoms with van der Waals surface area (Å²) in [5.41, 5.74) is 0. The molecule has 1 aliphatic rings. The third kappa shape index (κ3) is 3.05. The van der Waals surface area contributed by atoms with E-state index in [1.807, 2.05) is 0 Å². The average molecular weight is 254 g/mol. The molecule has 3 nitrogen and oxygen atoms in total. The summed E-state index contributed by atoms with van der Waals surface area (Å²) in [7, 11) is 0. The molecule has 18 heavy (non-hydrogen) atoms. The molecular weight excluding hydrogens is 224 g/mol. The van der Waals surface area contributed by atoms with Gasteiger partial charge in [-0.15, -0.1) is 0 Å². The lowest BCUT2D eigenvalue weighted by molar-refractivity contribution is -0.133. The third-order valence-corrected chi connectivity index (χ3v) is 4.31. The van der Waals surface area contributed by atoms with Crippen LogP contribution >= 0.6 is 0 Å². The molecule has 1 rings (SSSR count). The first-order valence-corrected chi connectivity index (χ1v) is 7.68. The summed E-state index contributed by atoms with van der Waals surface area (Å²) in [4.78, 5) is 14.8. The van der Waals surface area contributed by atoms with Crippen molar-refractivity contribution in [2.24, 2.45) is 5.92 Å². The van der Waals surface area contributed by atoms with Gasteiger partial charge in [-0.25, -0.2) is 0 Å². The number of hydrogen-bond acceptors (Lipinski definition) is 2. The second kappa shape index (κ2) is 7.13. The van der Waals surface area contributed by atoms with Crippen molar-refractivity contribution in [1.82, 2.24) is 10.2 Å². The minimum Gasteiger partial charge on any atom is -0.323 e. The van der Waals surface area contributed by atoms with Crippen molar-refractivity contribution in [2.75, 3.05) is 0 Å². The lowest BCUT2D eigenvalue weighted by atomic mass is 9.98. The SMILES string of the molecule is CCCC(CC)N1C(=O)C(C(C)CC)NC1CC. The Morgan fingerprint density at radius 2 is 1.89 bits per heavy atom. The van der Waals surface area contributed by atoms with Gasteiger partial charge in [0.1, 0.15) is 0 Å². The summed E-state index contributed by atoms with van der Waals surface area (Å²) in [6.45, 7) is 10.9. The Morgan fingerprint density at radius 3 is 2.33 bits per heavy atom. The molecule has 1 N–H and O–H groups in total. The average Bonchev–Trinajstić information content (AvgIpc) is 2.72. The fourth-order valence-electron chi connectivity index (χ4n) is 2.94. The Balaban J connectivity index is 2.84. The van der Waals surface area contributed by atoms with Crippen LogP contribution in [0.25, 0.3) is 0 Å². The smallest absolute Gasteiger partial charge is 0.241 e. The van der Waals surface area contributed by atoms with Crippen LogP contribution in [0.5, 0.6) is 0 Å². The zero-order valence-electron chi connectivity index (χ0n) is 12.7. The summed E-state index contributed by atoms with van der Waals surface area (Å²) >= 11 is 0. The molecule has 1 fully saturated rings. The number of carbonyl (C=O) groups excluding carboxylic acids is 1. The van der Waals surface area contributed by atoms with Crippen LogP contribution in [-0.4, -0.2) is 29.1 Å². The van der Waals surface area contributed by atoms with E-state index < -0.39 is 0 Å². The van der Waals surface area contributed by atoms with E-state index in [9.17, 15) is 4.79 Å². The topological polar surface area (TPSA) is 32.3 Å². The normalized spacial score (nSPS) is 27.6. The summed E-state index contributed by atoms with van der Waals surface area (Å²) in [5, 5.41) is 3.54. The highest BCUT2D eigenvalue weighted by atomic mass is 16.2. The van der Waals surface area contributed by atoms with Crippen LogP contribution in [-0.2, 0) is 4.79 Å². The van der Waals surface area contributed by atoms with Crippen LogP contribution in [0.3, 0.4) is 0 Å². The minimum absolute atomic E-state index is 0.0332. The highest BCUT2D eigenvalue weighted by molar-refractivity contribution is 5.85. The Hall–Kier alpha value is -0.570. The molecule has 0 aliphatic carbocycles. The molecule has 4 unspecified atom stereocenters. The van der Waals surface area contributed by atoms with Crippen LogP contribution < -0.4 is 5.32 Å². The molecule has 1 amide bonds. The van der Waals surface area contributed by atoms with Gasteiger partial charge in [-0.1, -0.05) is 47.5 Å². The lowest BCUT2D eigenvalue weighted by Crippen LogP contribution is -2.44. The Morgan fingerprint density at radius 1 is 1.22 bits per heavy atom. The van der Waals surface area contributed by atoms with Gasteiger partial charge >= 0.3 is 0 Å². The van der Waals surface area contributed by atoms with E-state index >= 15 is 0 Å². The maximum atomic E-state index is 12.6. The Labute approximate surface area is 112 Å². The molecule has 0 saturated carbocycles. The van der Waals surface area contributed by atoms with Gasteiger partial charge in [-0.05, 0) is 25.2 Å². The largest absolute Gasteiger partial charge is 0.323 e. The van der Waals surface area contributed by atoms with Gasteiger partial charge in [0.25, 0.3) is 0 Å². The van der Waals surface area contributed by atoms with Gasteiger partial charge < -0.3 is 4.90 Å². The standard InChI is InChI=1S/C15H30N2O/c1-6-10-12(8-3)17-13(9-4)16-14(15(17)18)11(5)7-2/h11-14,16H,6-10H2,1-5H3. The quantitative estimate of drug-likeness (QED) is 0.757. The number of carbonyl (C=O) groups is 1. The molecule has 0 aromatic rings. The molecule has 1 saturated heterocycles. The van der Waals surface area contributed by atoms with Crippen molar-refractivity contribution in [2.45, 2.75) is 85.0 Å². The van der Waals surface area contributed by atoms with Crippen LogP contribution in [0.15, 0.2) is 0 Å². The predicted molar refractivity (Wildman–Crippen MR) is 76.3 cm³/mol. The number of amides is 1. The molecule has 0 spiro atoms. The van der Waals surface area contributed by atoms with Gasteiger partial charge in [-0.2, -0.15) is 0 Å². The van der Waals surface area contributed by atoms with Crippen LogP contribution in [0.1, 0.15) is 66.7 Å². The van der Waals surface area contributed by atoms with Gasteiger partial charge in [-0.3, -0.25) is 10.1 Å². The maximum absolute atomic E-state index is 12.6. The first-order valence-electron chi connectivity index (χ1n) is 7.68. The first kappa shape index (κ1) is 15.5. The molecule has 1 aliphatic heterocycles. The molecule has 106 valence electrons. The molecule has 4 atom stereocenters. The fraction of sp³-hybridized carbons (Fsp3) is 0.933. The fourth-order valence-corrected chi connectivity index (χ4v) is 2.94. The molecule has 0 aromatic carbocycles. The van der Waals surface area contributed by atoms with E-state index in [1.54, 1.807) is 0 Å². The summed E-state index contributed by atoms with van der Waals surface area (Å²) < 4.78 is 0. The molecule has 0 aromatic heterocycles. The van der Waals surface area contributed by atoms with Crippen LogP contribution in [0.4, 0.5) is 0 Å². The van der Waals surface area contributed by atoms with Gasteiger partial charge in [0.2, 0.25) is 5.91 Å². The monoisotopic (exact) mass is 254 g/mol. The molecule has 0 bridgehead atoms. The van der Waals surface area contributed by atoms with Gasteiger partial charge in [0, 0.05) is 6.04 Å². The zero-order chi connectivity index (χ0) is 13.7. The predicted octanol–water partition coefficient (Wildman–Crippen LogP) is 3.15. The van der Waals surface area contributed by atoms with Crippen LogP contribution in [0, 0.1) is 5.92 Å². The van der Waals surface area contributed by atoms with E-state index in [1.165, 1.54) is 0 Å². The van der Waals surface area contributed by atoms with Crippen molar-refractivity contribution in [3.8, 4) is 0 Å². The molecule has 3 heteroatoms. The van der Waals surface area contributed by atoms with Crippen molar-refractivity contribution in [1.29, 1.82) is 0 Å². The highest BCUT2D eigenvalue weighted by Gasteiger charge is 2.42. The maximum Gasteiger partial charge on any atom is 0.241 e. The third-order valence-electron chi connectivity index (χ3n) is 4.31. The lowest BCUT2D eigenvalue weighted by Gasteiger charge is -2.31. The molecule has 1 heterocycles. The number of rotatable bonds is 7. The van der Waals surface area contributed by atoms with Gasteiger partial charge in [0.05, 0.1) is 12.2 Å². The molecule has 0 radical (unpaired) electrons. The van der Waals surface area contributed by atoms with Crippen molar-refractivity contribution >= 4 is 5.91 Å². The molecular formula is C15H30N2O. The summed E-state index contributed by atoms with van der Waals surface area (Å²) in [6.07, 6.45) is 5.62. The Bertz CT molecular complexity index is 267. The zero-order valence-corrected chi connectivity index (χ0v) is 12.7. The van der Waals surface area contributed by atoms with Gasteiger partial charge in [0.15, 0.2) is 0 Å². The Kier molecular flexibility index (Phi) is 6.13. The summed E-state index contributed by atoms with van der Waals surface area (Å²) in [6, 6.07) is 0.444. The number of nitrogens with zero attached hydrogens (tertiary/aromatic N) is 1. The second-order valence-electron chi connectivity index (χ2n) is 5.55. The van der Waals surface area contributed by atoms with Crippen molar-refractivity contribution in [3.05, 3.63) is 0 Å². The van der Waals surface area contributed by atoms with E-state index in [4.69, 9.17) is 0 Å². The summed E-state index contributed by atoms with van der Waals surface area (Å²) in [5.74, 6) is 0.757. The minimum atomic E-state index is 0.0332. The number of nitrogens with one attached hydrogen (secondary N) is 1. The van der Waals surface area contributed by atoms with E-state index in [0.717, 1.165) is 32.1 Å². The second-order valence-corrected chi connectivity index (χ2v) is 5.55. The van der Waals surface area contributed by atoms with E-state index in [2.05, 4.69) is 44.8 Å². The first-order chi connectivity index (χ1) is 8.60. The van der Waals surface area contributed by atoms with E-state index in [-0.39, 0.29) is 12.2 Å². The highest BCUT2D eigenvalue weighted by Crippen LogP contribution is 2.25. The number of hydrogen-bond donors (Lipinski definition) is 1. The van der Waals surface area contributed by atoms with E-state index in [0.29, 0.717) is 17.9 Å².